The maximum absolute atomic E-state index is 12.7. The number of hydrogen-bond acceptors (Lipinski definition) is 5. The molecule has 0 atom stereocenters. The average molecular weight is 407 g/mol. The molecule has 0 aliphatic heterocycles. The fourth-order valence-electron chi connectivity index (χ4n) is 3.34. The summed E-state index contributed by atoms with van der Waals surface area (Å²) < 4.78 is 33.6. The first-order chi connectivity index (χ1) is 12.8. The molecule has 1 aliphatic rings. The number of hydrogen-bond donors (Lipinski definition) is 1. The van der Waals surface area contributed by atoms with Gasteiger partial charge in [-0.05, 0) is 49.6 Å². The molecule has 7 nitrogen and oxygen atoms in total. The standard InChI is InChI=1S/C18H15ClN2O5S/c19-15-7-6-12(10-16(15)21(22)23)27(24,25)20-11-5-8-18-14(9-11)13-3-1-2-4-17(13)26-18/h5-10,20H,1-4H2. The predicted octanol–water partition coefficient (Wildman–Crippen LogP) is 4.67. The molecular formula is C18H15ClN2O5S. The molecule has 0 bridgehead atoms. The molecule has 0 unspecified atom stereocenters. The van der Waals surface area contributed by atoms with Crippen LogP contribution in [0.3, 0.4) is 0 Å². The van der Waals surface area contributed by atoms with Crippen LogP contribution in [0, 0.1) is 10.1 Å². The Morgan fingerprint density at radius 1 is 1.11 bits per heavy atom. The SMILES string of the molecule is O=[N+]([O-])c1cc(S(=O)(=O)Nc2ccc3oc4c(c3c2)CCCC4)ccc1Cl. The third-order valence-corrected chi connectivity index (χ3v) is 6.33. The van der Waals surface area contributed by atoms with E-state index in [4.69, 9.17) is 16.0 Å². The van der Waals surface area contributed by atoms with Gasteiger partial charge in [0.05, 0.1) is 9.82 Å². The Kier molecular flexibility index (Phi) is 4.32. The van der Waals surface area contributed by atoms with Crippen LogP contribution in [0.5, 0.6) is 0 Å². The predicted molar refractivity (Wildman–Crippen MR) is 102 cm³/mol. The van der Waals surface area contributed by atoms with Crippen LogP contribution in [0.4, 0.5) is 11.4 Å². The number of nitrogens with one attached hydrogen (secondary N) is 1. The summed E-state index contributed by atoms with van der Waals surface area (Å²) in [6.07, 6.45) is 3.95. The zero-order valence-corrected chi connectivity index (χ0v) is 15.6. The van der Waals surface area contributed by atoms with Crippen molar-refractivity contribution in [1.82, 2.24) is 0 Å². The van der Waals surface area contributed by atoms with Gasteiger partial charge in [-0.3, -0.25) is 14.8 Å². The summed E-state index contributed by atoms with van der Waals surface area (Å²) in [5.74, 6) is 0.963. The molecule has 9 heteroatoms. The van der Waals surface area contributed by atoms with Gasteiger partial charge in [-0.2, -0.15) is 0 Å². The number of nitrogens with zero attached hydrogens (tertiary/aromatic N) is 1. The number of nitro groups is 1. The van der Waals surface area contributed by atoms with Crippen LogP contribution in [0.15, 0.2) is 45.7 Å². The smallest absolute Gasteiger partial charge is 0.289 e. The molecule has 0 spiro atoms. The van der Waals surface area contributed by atoms with E-state index < -0.39 is 20.6 Å². The van der Waals surface area contributed by atoms with Crippen molar-refractivity contribution < 1.29 is 17.8 Å². The molecule has 1 aromatic heterocycles. The Balaban J connectivity index is 1.70. The number of sulfonamides is 1. The van der Waals surface area contributed by atoms with Crippen molar-refractivity contribution in [3.8, 4) is 0 Å². The van der Waals surface area contributed by atoms with Gasteiger partial charge in [0.25, 0.3) is 15.7 Å². The second-order valence-electron chi connectivity index (χ2n) is 6.40. The summed E-state index contributed by atoms with van der Waals surface area (Å²) >= 11 is 5.75. The number of furan rings is 1. The van der Waals surface area contributed by atoms with Crippen molar-refractivity contribution in [2.45, 2.75) is 30.6 Å². The number of rotatable bonds is 4. The zero-order valence-electron chi connectivity index (χ0n) is 14.1. The molecular weight excluding hydrogens is 392 g/mol. The molecule has 0 amide bonds. The fourth-order valence-corrected chi connectivity index (χ4v) is 4.60. The maximum Gasteiger partial charge on any atom is 0.289 e. The van der Waals surface area contributed by atoms with Crippen LogP contribution in [-0.4, -0.2) is 13.3 Å². The molecule has 27 heavy (non-hydrogen) atoms. The quantitative estimate of drug-likeness (QED) is 0.500. The Hall–Kier alpha value is -2.58. The average Bonchev–Trinajstić information content (AvgIpc) is 2.99. The van der Waals surface area contributed by atoms with E-state index in [2.05, 4.69) is 4.72 Å². The van der Waals surface area contributed by atoms with E-state index in [-0.39, 0.29) is 9.92 Å². The van der Waals surface area contributed by atoms with Crippen molar-refractivity contribution in [2.75, 3.05) is 4.72 Å². The molecule has 3 aromatic rings. The van der Waals surface area contributed by atoms with Gasteiger partial charge in [-0.25, -0.2) is 8.42 Å². The van der Waals surface area contributed by atoms with Gasteiger partial charge in [0.15, 0.2) is 0 Å². The Bertz CT molecular complexity index is 1170. The molecule has 1 heterocycles. The van der Waals surface area contributed by atoms with Gasteiger partial charge in [0.1, 0.15) is 16.4 Å². The summed E-state index contributed by atoms with van der Waals surface area (Å²) in [5.41, 5.74) is 1.76. The van der Waals surface area contributed by atoms with E-state index in [9.17, 15) is 18.5 Å². The molecule has 2 aromatic carbocycles. The van der Waals surface area contributed by atoms with Gasteiger partial charge in [-0.15, -0.1) is 0 Å². The van der Waals surface area contributed by atoms with Crippen LogP contribution in [0.25, 0.3) is 11.0 Å². The molecule has 1 N–H and O–H groups in total. The van der Waals surface area contributed by atoms with E-state index >= 15 is 0 Å². The lowest BCUT2D eigenvalue weighted by atomic mass is 9.96. The van der Waals surface area contributed by atoms with E-state index in [1.807, 2.05) is 0 Å². The Morgan fingerprint density at radius 2 is 1.89 bits per heavy atom. The molecule has 0 radical (unpaired) electrons. The van der Waals surface area contributed by atoms with Crippen LogP contribution >= 0.6 is 11.6 Å². The van der Waals surface area contributed by atoms with Gasteiger partial charge in [0.2, 0.25) is 0 Å². The topological polar surface area (TPSA) is 102 Å². The second-order valence-corrected chi connectivity index (χ2v) is 8.49. The van der Waals surface area contributed by atoms with Gasteiger partial charge in [0, 0.05) is 29.1 Å². The minimum atomic E-state index is -4.00. The molecule has 140 valence electrons. The number of nitro benzene ring substituents is 1. The summed E-state index contributed by atoms with van der Waals surface area (Å²) in [6.45, 7) is 0. The third kappa shape index (κ3) is 3.26. The second kappa shape index (κ2) is 6.54. The minimum Gasteiger partial charge on any atom is -0.461 e. The first kappa shape index (κ1) is 17.8. The maximum atomic E-state index is 12.7. The number of anilines is 1. The summed E-state index contributed by atoms with van der Waals surface area (Å²) in [5, 5.41) is 11.8. The molecule has 0 saturated carbocycles. The van der Waals surface area contributed by atoms with Crippen molar-refractivity contribution in [2.24, 2.45) is 0 Å². The van der Waals surface area contributed by atoms with E-state index in [0.29, 0.717) is 5.69 Å². The summed E-state index contributed by atoms with van der Waals surface area (Å²) in [7, 11) is -4.00. The van der Waals surface area contributed by atoms with Crippen LogP contribution in [0.2, 0.25) is 5.02 Å². The monoisotopic (exact) mass is 406 g/mol. The lowest BCUT2D eigenvalue weighted by Gasteiger charge is -2.10. The molecule has 4 rings (SSSR count). The van der Waals surface area contributed by atoms with Crippen molar-refractivity contribution in [3.63, 3.8) is 0 Å². The van der Waals surface area contributed by atoms with Crippen molar-refractivity contribution in [3.05, 3.63) is 62.9 Å². The highest BCUT2D eigenvalue weighted by Gasteiger charge is 2.22. The highest BCUT2D eigenvalue weighted by molar-refractivity contribution is 7.92. The zero-order chi connectivity index (χ0) is 19.2. The highest BCUT2D eigenvalue weighted by atomic mass is 35.5. The van der Waals surface area contributed by atoms with Crippen LogP contribution in [0.1, 0.15) is 24.2 Å². The fraction of sp³-hybridized carbons (Fsp3) is 0.222. The van der Waals surface area contributed by atoms with Crippen LogP contribution < -0.4 is 4.72 Å². The normalized spacial score (nSPS) is 14.1. The van der Waals surface area contributed by atoms with E-state index in [1.165, 1.54) is 12.1 Å². The van der Waals surface area contributed by atoms with Crippen LogP contribution in [-0.2, 0) is 22.9 Å². The number of halogens is 1. The highest BCUT2D eigenvalue weighted by Crippen LogP contribution is 2.34. The van der Waals surface area contributed by atoms with Crippen molar-refractivity contribution in [1.29, 1.82) is 0 Å². The largest absolute Gasteiger partial charge is 0.461 e. The molecule has 1 aliphatic carbocycles. The number of benzene rings is 2. The van der Waals surface area contributed by atoms with E-state index in [1.54, 1.807) is 18.2 Å². The summed E-state index contributed by atoms with van der Waals surface area (Å²) in [6, 6.07) is 8.46. The number of aryl methyl sites for hydroxylation is 2. The Labute approximate surface area is 160 Å². The first-order valence-electron chi connectivity index (χ1n) is 8.36. The lowest BCUT2D eigenvalue weighted by Crippen LogP contribution is -2.13. The Morgan fingerprint density at radius 3 is 2.67 bits per heavy atom. The number of fused-ring (bicyclic) bond motifs is 3. The van der Waals surface area contributed by atoms with E-state index in [0.717, 1.165) is 54.0 Å². The molecule has 0 saturated heterocycles. The summed E-state index contributed by atoms with van der Waals surface area (Å²) in [4.78, 5) is 10.1. The van der Waals surface area contributed by atoms with Gasteiger partial charge < -0.3 is 4.42 Å². The minimum absolute atomic E-state index is 0.120. The third-order valence-electron chi connectivity index (χ3n) is 4.63. The van der Waals surface area contributed by atoms with Gasteiger partial charge >= 0.3 is 0 Å². The van der Waals surface area contributed by atoms with Gasteiger partial charge in [-0.1, -0.05) is 11.6 Å². The first-order valence-corrected chi connectivity index (χ1v) is 10.2. The molecule has 0 fully saturated rings. The lowest BCUT2D eigenvalue weighted by molar-refractivity contribution is -0.384. The van der Waals surface area contributed by atoms with Crippen molar-refractivity contribution >= 4 is 44.0 Å².